The molecular weight excluding hydrogens is 304 g/mol. The Kier molecular flexibility index (Phi) is 4.04. The third-order valence-electron chi connectivity index (χ3n) is 2.92. The first-order chi connectivity index (χ1) is 10.2. The van der Waals surface area contributed by atoms with Crippen LogP contribution in [0, 0.1) is 0 Å². The van der Waals surface area contributed by atoms with Gasteiger partial charge in [-0.15, -0.1) is 11.3 Å². The second kappa shape index (κ2) is 6.12. The van der Waals surface area contributed by atoms with E-state index in [1.165, 1.54) is 11.3 Å². The van der Waals surface area contributed by atoms with E-state index in [0.717, 1.165) is 5.75 Å². The van der Waals surface area contributed by atoms with Crippen molar-refractivity contribution in [2.24, 2.45) is 0 Å². The molecule has 4 heteroatoms. The minimum Gasteiger partial charge on any atom is -0.457 e. The van der Waals surface area contributed by atoms with Gasteiger partial charge < -0.3 is 4.74 Å². The van der Waals surface area contributed by atoms with Gasteiger partial charge in [-0.3, -0.25) is 4.79 Å². The summed E-state index contributed by atoms with van der Waals surface area (Å²) < 4.78 is 5.69. The molecule has 0 aliphatic carbocycles. The van der Waals surface area contributed by atoms with Crippen LogP contribution in [0.5, 0.6) is 11.5 Å². The number of rotatable bonds is 4. The molecule has 0 saturated carbocycles. The predicted octanol–water partition coefficient (Wildman–Crippen LogP) is 5.42. The zero-order chi connectivity index (χ0) is 14.7. The summed E-state index contributed by atoms with van der Waals surface area (Å²) >= 11 is 7.33. The molecule has 0 saturated heterocycles. The minimum atomic E-state index is -0.0683. The summed E-state index contributed by atoms with van der Waals surface area (Å²) in [6.45, 7) is 0. The lowest BCUT2D eigenvalue weighted by atomic mass is 10.1. The summed E-state index contributed by atoms with van der Waals surface area (Å²) in [5.74, 6) is 1.38. The smallest absolute Gasteiger partial charge is 0.204 e. The van der Waals surface area contributed by atoms with Gasteiger partial charge in [-0.25, -0.2) is 0 Å². The normalized spacial score (nSPS) is 10.3. The molecular formula is C17H11ClO2S. The van der Waals surface area contributed by atoms with Crippen molar-refractivity contribution in [2.45, 2.75) is 0 Å². The fourth-order valence-electron chi connectivity index (χ4n) is 1.89. The molecule has 1 aromatic heterocycles. The molecule has 0 radical (unpaired) electrons. The molecule has 2 nitrogen and oxygen atoms in total. The number of ether oxygens (including phenoxy) is 1. The van der Waals surface area contributed by atoms with Crippen LogP contribution >= 0.6 is 22.9 Å². The number of benzene rings is 2. The van der Waals surface area contributed by atoms with Crippen molar-refractivity contribution in [2.75, 3.05) is 0 Å². The van der Waals surface area contributed by atoms with Crippen molar-refractivity contribution >= 4 is 28.7 Å². The van der Waals surface area contributed by atoms with Crippen LogP contribution in [-0.4, -0.2) is 5.78 Å². The average molecular weight is 315 g/mol. The zero-order valence-corrected chi connectivity index (χ0v) is 12.5. The highest BCUT2D eigenvalue weighted by Crippen LogP contribution is 2.26. The molecule has 0 amide bonds. The molecule has 0 fully saturated rings. The molecule has 0 N–H and O–H groups in total. The Hall–Kier alpha value is -2.10. The topological polar surface area (TPSA) is 26.3 Å². The van der Waals surface area contributed by atoms with Crippen molar-refractivity contribution in [1.82, 2.24) is 0 Å². The van der Waals surface area contributed by atoms with Gasteiger partial charge in [-0.1, -0.05) is 29.8 Å². The lowest BCUT2D eigenvalue weighted by molar-refractivity contribution is 0.104. The summed E-state index contributed by atoms with van der Waals surface area (Å²) in [4.78, 5) is 12.8. The standard InChI is InChI=1S/C17H11ClO2S/c18-15-10-11-21-17(15)16(19)12-6-8-14(9-7-12)20-13-4-2-1-3-5-13/h1-11H. The largest absolute Gasteiger partial charge is 0.457 e. The van der Waals surface area contributed by atoms with E-state index in [9.17, 15) is 4.79 Å². The molecule has 0 unspecified atom stereocenters. The maximum atomic E-state index is 12.3. The molecule has 0 atom stereocenters. The van der Waals surface area contributed by atoms with Crippen molar-refractivity contribution in [3.63, 3.8) is 0 Å². The highest BCUT2D eigenvalue weighted by molar-refractivity contribution is 7.13. The average Bonchev–Trinajstić information content (AvgIpc) is 2.94. The third kappa shape index (κ3) is 3.15. The van der Waals surface area contributed by atoms with Crippen LogP contribution in [-0.2, 0) is 0 Å². The van der Waals surface area contributed by atoms with E-state index in [4.69, 9.17) is 16.3 Å². The number of hydrogen-bond donors (Lipinski definition) is 0. The van der Waals surface area contributed by atoms with Crippen LogP contribution in [0.15, 0.2) is 66.0 Å². The Morgan fingerprint density at radius 1 is 0.905 bits per heavy atom. The lowest BCUT2D eigenvalue weighted by Crippen LogP contribution is -1.98. The van der Waals surface area contributed by atoms with E-state index < -0.39 is 0 Å². The maximum Gasteiger partial charge on any atom is 0.204 e. The Morgan fingerprint density at radius 2 is 1.57 bits per heavy atom. The molecule has 0 aliphatic heterocycles. The molecule has 3 aromatic rings. The number of para-hydroxylation sites is 1. The first-order valence-electron chi connectivity index (χ1n) is 6.35. The maximum absolute atomic E-state index is 12.3. The van der Waals surface area contributed by atoms with Crippen molar-refractivity contribution < 1.29 is 9.53 Å². The summed E-state index contributed by atoms with van der Waals surface area (Å²) in [7, 11) is 0. The number of hydrogen-bond acceptors (Lipinski definition) is 3. The van der Waals surface area contributed by atoms with Gasteiger partial charge in [0, 0.05) is 5.56 Å². The molecule has 2 aromatic carbocycles. The number of carbonyl (C=O) groups excluding carboxylic acids is 1. The second-order valence-electron chi connectivity index (χ2n) is 4.37. The Balaban J connectivity index is 1.78. The molecule has 3 rings (SSSR count). The lowest BCUT2D eigenvalue weighted by Gasteiger charge is -2.06. The first kappa shape index (κ1) is 13.9. The van der Waals surface area contributed by atoms with Gasteiger partial charge >= 0.3 is 0 Å². The van der Waals surface area contributed by atoms with E-state index in [1.54, 1.807) is 30.3 Å². The fourth-order valence-corrected chi connectivity index (χ4v) is 2.99. The number of carbonyl (C=O) groups is 1. The monoisotopic (exact) mass is 314 g/mol. The number of ketones is 1. The van der Waals surface area contributed by atoms with E-state index in [1.807, 2.05) is 35.7 Å². The molecule has 0 aliphatic rings. The van der Waals surface area contributed by atoms with Crippen molar-refractivity contribution in [1.29, 1.82) is 0 Å². The summed E-state index contributed by atoms with van der Waals surface area (Å²) in [6.07, 6.45) is 0. The van der Waals surface area contributed by atoms with E-state index in [2.05, 4.69) is 0 Å². The molecule has 0 bridgehead atoms. The molecule has 21 heavy (non-hydrogen) atoms. The molecule has 1 heterocycles. The van der Waals surface area contributed by atoms with Gasteiger partial charge in [-0.05, 0) is 47.8 Å². The zero-order valence-electron chi connectivity index (χ0n) is 11.0. The molecule has 104 valence electrons. The van der Waals surface area contributed by atoms with Gasteiger partial charge in [0.25, 0.3) is 0 Å². The molecule has 0 spiro atoms. The predicted molar refractivity (Wildman–Crippen MR) is 85.7 cm³/mol. The van der Waals surface area contributed by atoms with Crippen LogP contribution in [0.2, 0.25) is 5.02 Å². The first-order valence-corrected chi connectivity index (χ1v) is 7.60. The SMILES string of the molecule is O=C(c1ccc(Oc2ccccc2)cc1)c1sccc1Cl. The van der Waals surface area contributed by atoms with Crippen LogP contribution in [0.3, 0.4) is 0 Å². The van der Waals surface area contributed by atoms with Gasteiger partial charge in [0.1, 0.15) is 11.5 Å². The number of halogens is 1. The van der Waals surface area contributed by atoms with Crippen LogP contribution in [0.25, 0.3) is 0 Å². The van der Waals surface area contributed by atoms with Gasteiger partial charge in [0.15, 0.2) is 0 Å². The number of thiophene rings is 1. The minimum absolute atomic E-state index is 0.0683. The Labute approximate surface area is 131 Å². The van der Waals surface area contributed by atoms with Gasteiger partial charge in [0.05, 0.1) is 9.90 Å². The highest BCUT2D eigenvalue weighted by Gasteiger charge is 2.14. The van der Waals surface area contributed by atoms with E-state index in [0.29, 0.717) is 21.2 Å². The second-order valence-corrected chi connectivity index (χ2v) is 5.69. The third-order valence-corrected chi connectivity index (χ3v) is 4.26. The van der Waals surface area contributed by atoms with E-state index in [-0.39, 0.29) is 5.78 Å². The van der Waals surface area contributed by atoms with Crippen LogP contribution in [0.1, 0.15) is 15.2 Å². The highest BCUT2D eigenvalue weighted by atomic mass is 35.5. The van der Waals surface area contributed by atoms with Crippen LogP contribution in [0.4, 0.5) is 0 Å². The Bertz CT molecular complexity index is 748. The van der Waals surface area contributed by atoms with E-state index >= 15 is 0 Å². The van der Waals surface area contributed by atoms with Crippen LogP contribution < -0.4 is 4.74 Å². The van der Waals surface area contributed by atoms with Gasteiger partial charge in [-0.2, -0.15) is 0 Å². The summed E-state index contributed by atoms with van der Waals surface area (Å²) in [5, 5.41) is 2.30. The quantitative estimate of drug-likeness (QED) is 0.601. The van der Waals surface area contributed by atoms with Crippen molar-refractivity contribution in [3.8, 4) is 11.5 Å². The van der Waals surface area contributed by atoms with Gasteiger partial charge in [0.2, 0.25) is 5.78 Å². The summed E-state index contributed by atoms with van der Waals surface area (Å²) in [5.41, 5.74) is 0.597. The fraction of sp³-hybridized carbons (Fsp3) is 0. The van der Waals surface area contributed by atoms with Crippen molar-refractivity contribution in [3.05, 3.63) is 81.5 Å². The summed E-state index contributed by atoms with van der Waals surface area (Å²) in [6, 6.07) is 18.3. The Morgan fingerprint density at radius 3 is 2.19 bits per heavy atom.